The highest BCUT2D eigenvalue weighted by Gasteiger charge is 2.23. The molecule has 2 nitrogen and oxygen atoms in total. The van der Waals surface area contributed by atoms with Gasteiger partial charge in [0.05, 0.1) is 16.9 Å². The Bertz CT molecular complexity index is 661. The average Bonchev–Trinajstić information content (AvgIpc) is 2.54. The minimum atomic E-state index is 0.0134. The predicted octanol–water partition coefficient (Wildman–Crippen LogP) is 3.29. The first-order valence-corrected chi connectivity index (χ1v) is 6.47. The lowest BCUT2D eigenvalue weighted by molar-refractivity contribution is 0.104. The van der Waals surface area contributed by atoms with Crippen LogP contribution in [0.5, 0.6) is 0 Å². The maximum atomic E-state index is 12.1. The lowest BCUT2D eigenvalue weighted by Crippen LogP contribution is -2.05. The molecule has 0 saturated heterocycles. The third kappa shape index (κ3) is 1.81. The highest BCUT2D eigenvalue weighted by Crippen LogP contribution is 2.37. The number of rotatable bonds is 0. The summed E-state index contributed by atoms with van der Waals surface area (Å²) in [5.74, 6) is 0.0134. The molecule has 3 heteroatoms. The van der Waals surface area contributed by atoms with Gasteiger partial charge in [-0.05, 0) is 35.9 Å². The maximum Gasteiger partial charge on any atom is 0.187 e. The van der Waals surface area contributed by atoms with Crippen molar-refractivity contribution in [2.75, 3.05) is 0 Å². The second kappa shape index (κ2) is 4.32. The van der Waals surface area contributed by atoms with Gasteiger partial charge in [0.25, 0.3) is 0 Å². The summed E-state index contributed by atoms with van der Waals surface area (Å²) in [6, 6.07) is 9.73. The number of hydrogen-bond acceptors (Lipinski definition) is 3. The zero-order valence-corrected chi connectivity index (χ0v) is 10.3. The van der Waals surface area contributed by atoms with Crippen molar-refractivity contribution in [2.24, 2.45) is 0 Å². The van der Waals surface area contributed by atoms with E-state index in [-0.39, 0.29) is 11.0 Å². The van der Waals surface area contributed by atoms with Gasteiger partial charge in [-0.25, -0.2) is 0 Å². The Balaban J connectivity index is 2.10. The van der Waals surface area contributed by atoms with Crippen LogP contribution in [0.4, 0.5) is 0 Å². The van der Waals surface area contributed by atoms with E-state index in [9.17, 15) is 4.79 Å². The van der Waals surface area contributed by atoms with Crippen LogP contribution < -0.4 is 0 Å². The van der Waals surface area contributed by atoms with E-state index in [1.54, 1.807) is 23.9 Å². The maximum absolute atomic E-state index is 12.1. The molecule has 0 amide bonds. The first-order chi connectivity index (χ1) is 8.78. The Morgan fingerprint density at radius 2 is 2.06 bits per heavy atom. The van der Waals surface area contributed by atoms with Crippen LogP contribution in [0.3, 0.4) is 0 Å². The zero-order chi connectivity index (χ0) is 12.5. The van der Waals surface area contributed by atoms with Crippen LogP contribution in [0.2, 0.25) is 0 Å². The van der Waals surface area contributed by atoms with E-state index < -0.39 is 0 Å². The fraction of sp³-hybridized carbons (Fsp3) is 0.0667. The van der Waals surface area contributed by atoms with Crippen LogP contribution in [-0.4, -0.2) is 11.0 Å². The molecule has 1 atom stereocenters. The Kier molecular flexibility index (Phi) is 2.66. The van der Waals surface area contributed by atoms with E-state index in [0.717, 1.165) is 16.0 Å². The molecular formula is C15H9NOS. The second-order valence-electron chi connectivity index (χ2n) is 4.11. The van der Waals surface area contributed by atoms with Crippen LogP contribution in [0, 0.1) is 11.3 Å². The quantitative estimate of drug-likeness (QED) is 0.710. The largest absolute Gasteiger partial charge is 0.289 e. The number of nitriles is 1. The van der Waals surface area contributed by atoms with Crippen LogP contribution in [0.15, 0.2) is 64.6 Å². The molecule has 1 aliphatic heterocycles. The molecule has 86 valence electrons. The highest BCUT2D eigenvalue weighted by atomic mass is 32.2. The van der Waals surface area contributed by atoms with E-state index in [1.807, 2.05) is 36.4 Å². The molecule has 3 rings (SSSR count). The normalized spacial score (nSPS) is 21.1. The van der Waals surface area contributed by atoms with Crippen molar-refractivity contribution >= 4 is 17.5 Å². The summed E-state index contributed by atoms with van der Waals surface area (Å²) in [6.07, 6.45) is 7.23. The molecule has 0 spiro atoms. The molecule has 1 unspecified atom stereocenters. The Morgan fingerprint density at radius 3 is 2.89 bits per heavy atom. The molecular weight excluding hydrogens is 242 g/mol. The fourth-order valence-electron chi connectivity index (χ4n) is 2.05. The first kappa shape index (κ1) is 11.1. The summed E-state index contributed by atoms with van der Waals surface area (Å²) in [6.45, 7) is 0. The van der Waals surface area contributed by atoms with Crippen molar-refractivity contribution in [1.29, 1.82) is 5.26 Å². The molecule has 0 fully saturated rings. The number of ketones is 1. The zero-order valence-electron chi connectivity index (χ0n) is 9.46. The standard InChI is InChI=1S/C15H9NOS/c16-9-10-5-6-14-11(7-10)8-13(17)12-3-1-2-4-15(12)18-14/h1-8,14H. The minimum absolute atomic E-state index is 0.0134. The summed E-state index contributed by atoms with van der Waals surface area (Å²) in [5.41, 5.74) is 2.24. The Labute approximate surface area is 109 Å². The van der Waals surface area contributed by atoms with Crippen LogP contribution in [0.25, 0.3) is 0 Å². The smallest absolute Gasteiger partial charge is 0.187 e. The number of allylic oxidation sites excluding steroid dienone is 4. The number of carbonyl (C=O) groups excluding carboxylic acids is 1. The van der Waals surface area contributed by atoms with Gasteiger partial charge in [0.1, 0.15) is 0 Å². The molecule has 1 aliphatic carbocycles. The van der Waals surface area contributed by atoms with Gasteiger partial charge in [0.2, 0.25) is 0 Å². The number of fused-ring (bicyclic) bond motifs is 2. The molecule has 0 radical (unpaired) electrons. The summed E-state index contributed by atoms with van der Waals surface area (Å²) in [7, 11) is 0. The lowest BCUT2D eigenvalue weighted by atomic mass is 9.99. The van der Waals surface area contributed by atoms with E-state index in [4.69, 9.17) is 5.26 Å². The minimum Gasteiger partial charge on any atom is -0.289 e. The SMILES string of the molecule is N#CC1=CC2=CC(=O)c3ccccc3SC2C=C1. The van der Waals surface area contributed by atoms with Crippen molar-refractivity contribution in [3.05, 3.63) is 65.3 Å². The summed E-state index contributed by atoms with van der Waals surface area (Å²) in [4.78, 5) is 13.1. The van der Waals surface area contributed by atoms with Crippen LogP contribution in [-0.2, 0) is 0 Å². The third-order valence-electron chi connectivity index (χ3n) is 2.93. The van der Waals surface area contributed by atoms with Crippen molar-refractivity contribution in [3.63, 3.8) is 0 Å². The topological polar surface area (TPSA) is 40.9 Å². The molecule has 1 heterocycles. The lowest BCUT2D eigenvalue weighted by Gasteiger charge is -2.15. The van der Waals surface area contributed by atoms with Gasteiger partial charge in [-0.1, -0.05) is 18.2 Å². The molecule has 0 N–H and O–H groups in total. The molecule has 1 aromatic rings. The van der Waals surface area contributed by atoms with Crippen molar-refractivity contribution in [2.45, 2.75) is 10.1 Å². The van der Waals surface area contributed by atoms with Gasteiger partial charge >= 0.3 is 0 Å². The van der Waals surface area contributed by atoms with E-state index in [1.165, 1.54) is 0 Å². The molecule has 0 bridgehead atoms. The monoisotopic (exact) mass is 251 g/mol. The van der Waals surface area contributed by atoms with E-state index in [2.05, 4.69) is 6.07 Å². The van der Waals surface area contributed by atoms with Gasteiger partial charge in [0, 0.05) is 10.5 Å². The summed E-state index contributed by atoms with van der Waals surface area (Å²) < 4.78 is 0. The number of nitrogens with zero attached hydrogens (tertiary/aromatic N) is 1. The third-order valence-corrected chi connectivity index (χ3v) is 4.23. The van der Waals surface area contributed by atoms with Crippen molar-refractivity contribution in [3.8, 4) is 6.07 Å². The van der Waals surface area contributed by atoms with Gasteiger partial charge in [-0.2, -0.15) is 5.26 Å². The Morgan fingerprint density at radius 1 is 1.22 bits per heavy atom. The molecule has 0 saturated carbocycles. The van der Waals surface area contributed by atoms with Gasteiger partial charge in [-0.3, -0.25) is 4.79 Å². The Hall–Kier alpha value is -2.05. The van der Waals surface area contributed by atoms with Crippen LogP contribution >= 0.6 is 11.8 Å². The van der Waals surface area contributed by atoms with Gasteiger partial charge in [-0.15, -0.1) is 11.8 Å². The van der Waals surface area contributed by atoms with E-state index >= 15 is 0 Å². The van der Waals surface area contributed by atoms with Crippen molar-refractivity contribution < 1.29 is 4.79 Å². The molecule has 1 aromatic carbocycles. The first-order valence-electron chi connectivity index (χ1n) is 5.59. The number of benzene rings is 1. The predicted molar refractivity (Wildman–Crippen MR) is 71.3 cm³/mol. The second-order valence-corrected chi connectivity index (χ2v) is 5.30. The summed E-state index contributed by atoms with van der Waals surface area (Å²) in [5, 5.41) is 9.02. The molecule has 2 aliphatic rings. The highest BCUT2D eigenvalue weighted by molar-refractivity contribution is 8.00. The van der Waals surface area contributed by atoms with Crippen molar-refractivity contribution in [1.82, 2.24) is 0 Å². The fourth-order valence-corrected chi connectivity index (χ4v) is 3.21. The van der Waals surface area contributed by atoms with Gasteiger partial charge < -0.3 is 0 Å². The summed E-state index contributed by atoms with van der Waals surface area (Å²) >= 11 is 1.65. The van der Waals surface area contributed by atoms with E-state index in [0.29, 0.717) is 5.57 Å². The van der Waals surface area contributed by atoms with Gasteiger partial charge in [0.15, 0.2) is 5.78 Å². The van der Waals surface area contributed by atoms with Crippen LogP contribution in [0.1, 0.15) is 10.4 Å². The number of carbonyl (C=O) groups is 1. The molecule has 18 heavy (non-hydrogen) atoms. The number of hydrogen-bond donors (Lipinski definition) is 0. The average molecular weight is 251 g/mol. The molecule has 0 aromatic heterocycles. The number of thioether (sulfide) groups is 1.